The van der Waals surface area contributed by atoms with Gasteiger partial charge >= 0.3 is 0 Å². The highest BCUT2D eigenvalue weighted by atomic mass is 32.2. The maximum Gasteiger partial charge on any atom is 0.230 e. The highest BCUT2D eigenvalue weighted by Crippen LogP contribution is 2.28. The molecule has 2 aromatic rings. The van der Waals surface area contributed by atoms with Gasteiger partial charge in [0.15, 0.2) is 11.5 Å². The Bertz CT molecular complexity index is 735. The van der Waals surface area contributed by atoms with Crippen molar-refractivity contribution in [3.8, 4) is 11.5 Å². The second-order valence-corrected chi connectivity index (χ2v) is 6.38. The minimum Gasteiger partial charge on any atom is -0.490 e. The smallest absolute Gasteiger partial charge is 0.230 e. The summed E-state index contributed by atoms with van der Waals surface area (Å²) in [6.07, 6.45) is 0.703. The van der Waals surface area contributed by atoms with Crippen molar-refractivity contribution in [3.63, 3.8) is 0 Å². The van der Waals surface area contributed by atoms with Crippen LogP contribution in [-0.4, -0.2) is 46.3 Å². The number of aromatic nitrogens is 3. The van der Waals surface area contributed by atoms with Crippen LogP contribution in [0.2, 0.25) is 0 Å². The van der Waals surface area contributed by atoms with Crippen LogP contribution in [0.1, 0.15) is 25.2 Å². The normalized spacial score (nSPS) is 10.6. The monoisotopic (exact) mass is 379 g/mol. The zero-order valence-corrected chi connectivity index (χ0v) is 16.1. The van der Waals surface area contributed by atoms with E-state index in [-0.39, 0.29) is 11.7 Å². The molecule has 1 aromatic heterocycles. The van der Waals surface area contributed by atoms with E-state index in [1.54, 1.807) is 6.92 Å². The molecule has 1 aromatic carbocycles. The number of hydrogen-bond donors (Lipinski definition) is 2. The molecule has 0 saturated heterocycles. The van der Waals surface area contributed by atoms with Crippen LogP contribution in [0.25, 0.3) is 0 Å². The van der Waals surface area contributed by atoms with Crippen molar-refractivity contribution in [2.45, 2.75) is 32.3 Å². The van der Waals surface area contributed by atoms with Crippen LogP contribution < -0.4 is 20.6 Å². The third-order valence-electron chi connectivity index (χ3n) is 3.51. The van der Waals surface area contributed by atoms with Gasteiger partial charge in [-0.25, -0.2) is 4.68 Å². The predicted molar refractivity (Wildman–Crippen MR) is 101 cm³/mol. The number of nitrogens with two attached hydrogens (primary N) is 1. The summed E-state index contributed by atoms with van der Waals surface area (Å²) in [7, 11) is 0. The number of carbonyl (C=O) groups is 1. The number of nitrogen functional groups attached to an aromatic ring is 1. The summed E-state index contributed by atoms with van der Waals surface area (Å²) in [5.41, 5.74) is 1.07. The molecule has 0 atom stereocenters. The average Bonchev–Trinajstić information content (AvgIpc) is 2.94. The molecule has 0 spiro atoms. The summed E-state index contributed by atoms with van der Waals surface area (Å²) in [4.78, 5) is 12.0. The van der Waals surface area contributed by atoms with Gasteiger partial charge in [-0.1, -0.05) is 17.8 Å². The highest BCUT2D eigenvalue weighted by molar-refractivity contribution is 7.99. The zero-order chi connectivity index (χ0) is 18.9. The zero-order valence-electron chi connectivity index (χ0n) is 15.3. The lowest BCUT2D eigenvalue weighted by atomic mass is 10.1. The molecule has 0 unspecified atom stereocenters. The van der Waals surface area contributed by atoms with Crippen LogP contribution in [-0.2, 0) is 11.2 Å². The van der Waals surface area contributed by atoms with Gasteiger partial charge in [0.1, 0.15) is 5.82 Å². The molecule has 8 nitrogen and oxygen atoms in total. The van der Waals surface area contributed by atoms with Crippen molar-refractivity contribution < 1.29 is 14.3 Å². The lowest BCUT2D eigenvalue weighted by Gasteiger charge is -2.12. The van der Waals surface area contributed by atoms with E-state index in [4.69, 9.17) is 15.3 Å². The number of amides is 1. The number of ether oxygens (including phenoxy) is 2. The first-order valence-corrected chi connectivity index (χ1v) is 9.48. The maximum absolute atomic E-state index is 12.0. The summed E-state index contributed by atoms with van der Waals surface area (Å²) in [6.45, 7) is 7.32. The Labute approximate surface area is 157 Å². The predicted octanol–water partition coefficient (Wildman–Crippen LogP) is 1.55. The van der Waals surface area contributed by atoms with Gasteiger partial charge in [-0.2, -0.15) is 0 Å². The van der Waals surface area contributed by atoms with Crippen molar-refractivity contribution in [3.05, 3.63) is 29.6 Å². The van der Waals surface area contributed by atoms with Gasteiger partial charge in [0, 0.05) is 6.54 Å². The van der Waals surface area contributed by atoms with E-state index in [9.17, 15) is 4.79 Å². The van der Waals surface area contributed by atoms with Gasteiger partial charge in [0.05, 0.1) is 19.0 Å². The molecule has 2 rings (SSSR count). The fraction of sp³-hybridized carbons (Fsp3) is 0.471. The number of nitrogens with zero attached hydrogens (tertiary/aromatic N) is 3. The number of thioether (sulfide) groups is 1. The summed E-state index contributed by atoms with van der Waals surface area (Å²) >= 11 is 1.25. The quantitative estimate of drug-likeness (QED) is 0.477. The third-order valence-corrected chi connectivity index (χ3v) is 4.45. The van der Waals surface area contributed by atoms with Gasteiger partial charge in [0.2, 0.25) is 11.1 Å². The summed E-state index contributed by atoms with van der Waals surface area (Å²) in [6, 6.07) is 5.83. The van der Waals surface area contributed by atoms with Gasteiger partial charge in [-0.05, 0) is 44.9 Å². The van der Waals surface area contributed by atoms with Gasteiger partial charge < -0.3 is 20.6 Å². The Morgan fingerprint density at radius 3 is 2.62 bits per heavy atom. The van der Waals surface area contributed by atoms with Crippen molar-refractivity contribution in [1.82, 2.24) is 20.2 Å². The van der Waals surface area contributed by atoms with Crippen LogP contribution >= 0.6 is 11.8 Å². The van der Waals surface area contributed by atoms with Gasteiger partial charge in [-0.3, -0.25) is 4.79 Å². The lowest BCUT2D eigenvalue weighted by Crippen LogP contribution is -2.27. The molecule has 26 heavy (non-hydrogen) atoms. The molecule has 3 N–H and O–H groups in total. The van der Waals surface area contributed by atoms with E-state index in [1.807, 2.05) is 32.0 Å². The second-order valence-electron chi connectivity index (χ2n) is 5.44. The fourth-order valence-electron chi connectivity index (χ4n) is 2.23. The van der Waals surface area contributed by atoms with E-state index in [1.165, 1.54) is 16.4 Å². The number of rotatable bonds is 10. The van der Waals surface area contributed by atoms with Crippen LogP contribution in [0.4, 0.5) is 0 Å². The molecular formula is C17H25N5O3S. The molecule has 0 fully saturated rings. The van der Waals surface area contributed by atoms with Crippen molar-refractivity contribution in [2.24, 2.45) is 0 Å². The molecule has 0 radical (unpaired) electrons. The van der Waals surface area contributed by atoms with E-state index >= 15 is 0 Å². The Morgan fingerprint density at radius 2 is 1.96 bits per heavy atom. The summed E-state index contributed by atoms with van der Waals surface area (Å²) in [5, 5.41) is 11.2. The average molecular weight is 379 g/mol. The molecule has 0 saturated carbocycles. The minimum atomic E-state index is -0.0772. The second kappa shape index (κ2) is 9.91. The number of hydrogen-bond acceptors (Lipinski definition) is 7. The molecule has 1 heterocycles. The van der Waals surface area contributed by atoms with E-state index < -0.39 is 0 Å². The van der Waals surface area contributed by atoms with Crippen molar-refractivity contribution in [2.75, 3.05) is 31.4 Å². The van der Waals surface area contributed by atoms with Gasteiger partial charge in [0.25, 0.3) is 0 Å². The molecule has 0 aliphatic carbocycles. The molecule has 142 valence electrons. The topological polar surface area (TPSA) is 104 Å². The van der Waals surface area contributed by atoms with E-state index in [2.05, 4.69) is 15.5 Å². The van der Waals surface area contributed by atoms with Crippen LogP contribution in [0.3, 0.4) is 0 Å². The van der Waals surface area contributed by atoms with E-state index in [0.717, 1.165) is 17.1 Å². The molecule has 1 amide bonds. The SMILES string of the molecule is CCOc1ccc(CCNC(=O)CSc2nnc(C)n2N)cc1OCC. The van der Waals surface area contributed by atoms with Crippen LogP contribution in [0.15, 0.2) is 23.4 Å². The maximum atomic E-state index is 12.0. The summed E-state index contributed by atoms with van der Waals surface area (Å²) < 4.78 is 12.5. The number of carbonyl (C=O) groups excluding carboxylic acids is 1. The Hall–Kier alpha value is -2.42. The Balaban J connectivity index is 1.80. The molecule has 0 bridgehead atoms. The molecule has 0 aliphatic rings. The largest absolute Gasteiger partial charge is 0.490 e. The Kier molecular flexibility index (Phi) is 7.58. The summed E-state index contributed by atoms with van der Waals surface area (Å²) in [5.74, 6) is 7.99. The highest BCUT2D eigenvalue weighted by Gasteiger charge is 2.10. The number of benzene rings is 1. The van der Waals surface area contributed by atoms with Crippen LogP contribution in [0.5, 0.6) is 11.5 Å². The number of aryl methyl sites for hydroxylation is 1. The van der Waals surface area contributed by atoms with Crippen LogP contribution in [0, 0.1) is 6.92 Å². The minimum absolute atomic E-state index is 0.0772. The lowest BCUT2D eigenvalue weighted by molar-refractivity contribution is -0.118. The molecule has 9 heteroatoms. The number of nitrogens with one attached hydrogen (secondary N) is 1. The third kappa shape index (κ3) is 5.55. The van der Waals surface area contributed by atoms with Crippen molar-refractivity contribution in [1.29, 1.82) is 0 Å². The molecular weight excluding hydrogens is 354 g/mol. The Morgan fingerprint density at radius 1 is 1.23 bits per heavy atom. The fourth-order valence-corrected chi connectivity index (χ4v) is 2.96. The first kappa shape index (κ1) is 19.9. The standard InChI is InChI=1S/C17H25N5O3S/c1-4-24-14-7-6-13(10-15(14)25-5-2)8-9-19-16(23)11-26-17-21-20-12(3)22(17)18/h6-7,10H,4-5,8-9,11,18H2,1-3H3,(H,19,23). The molecule has 0 aliphatic heterocycles. The van der Waals surface area contributed by atoms with Gasteiger partial charge in [-0.15, -0.1) is 10.2 Å². The first-order valence-electron chi connectivity index (χ1n) is 8.50. The first-order chi connectivity index (χ1) is 12.5. The van der Waals surface area contributed by atoms with Crippen molar-refractivity contribution >= 4 is 17.7 Å². The van der Waals surface area contributed by atoms with E-state index in [0.29, 0.717) is 37.2 Å².